The highest BCUT2D eigenvalue weighted by Crippen LogP contribution is 2.27. The summed E-state index contributed by atoms with van der Waals surface area (Å²) in [6.07, 6.45) is 0. The Bertz CT molecular complexity index is 846. The first-order valence-corrected chi connectivity index (χ1v) is 8.56. The molecule has 0 aliphatic carbocycles. The maximum Gasteiger partial charge on any atom is 0.276 e. The van der Waals surface area contributed by atoms with Crippen molar-refractivity contribution in [3.63, 3.8) is 0 Å². The Balaban J connectivity index is 1.76. The number of benzene rings is 2. The predicted octanol–water partition coefficient (Wildman–Crippen LogP) is 3.02. The topological polar surface area (TPSA) is 79.5 Å². The third kappa shape index (κ3) is 6.18. The normalized spacial score (nSPS) is 9.96. The number of carbonyl (C=O) groups is 2. The third-order valence-corrected chi connectivity index (χ3v) is 3.81. The van der Waals surface area contributed by atoms with Gasteiger partial charge < -0.3 is 4.74 Å². The molecule has 0 aromatic heterocycles. The van der Waals surface area contributed by atoms with Crippen LogP contribution in [0.4, 0.5) is 0 Å². The lowest BCUT2D eigenvalue weighted by atomic mass is 10.1. The first-order valence-electron chi connectivity index (χ1n) is 7.40. The van der Waals surface area contributed by atoms with Crippen LogP contribution in [0.3, 0.4) is 0 Å². The Morgan fingerprint density at radius 1 is 1.12 bits per heavy atom. The molecule has 6 nitrogen and oxygen atoms in total. The molecule has 0 radical (unpaired) electrons. The lowest BCUT2D eigenvalue weighted by Crippen LogP contribution is -2.49. The van der Waals surface area contributed by atoms with Crippen LogP contribution in [0.15, 0.2) is 42.5 Å². The number of halogens is 2. The molecule has 2 aromatic carbocycles. The summed E-state index contributed by atoms with van der Waals surface area (Å²) in [5, 5.41) is 3.16. The van der Waals surface area contributed by atoms with Crippen molar-refractivity contribution >= 4 is 52.3 Å². The van der Waals surface area contributed by atoms with E-state index in [1.807, 2.05) is 13.0 Å². The van der Waals surface area contributed by atoms with Crippen molar-refractivity contribution in [2.45, 2.75) is 6.92 Å². The van der Waals surface area contributed by atoms with Crippen molar-refractivity contribution < 1.29 is 14.3 Å². The number of aryl methyl sites for hydroxylation is 1. The molecule has 2 aromatic rings. The van der Waals surface area contributed by atoms with Crippen LogP contribution in [0.25, 0.3) is 0 Å². The number of rotatable bonds is 4. The molecule has 0 unspecified atom stereocenters. The molecule has 3 N–H and O–H groups in total. The van der Waals surface area contributed by atoms with E-state index in [1.165, 1.54) is 6.07 Å². The maximum absolute atomic E-state index is 12.0. The van der Waals surface area contributed by atoms with Gasteiger partial charge in [-0.15, -0.1) is 0 Å². The Labute approximate surface area is 165 Å². The summed E-state index contributed by atoms with van der Waals surface area (Å²) in [6.45, 7) is 1.57. The summed E-state index contributed by atoms with van der Waals surface area (Å²) in [5.74, 6) is -0.575. The van der Waals surface area contributed by atoms with E-state index in [2.05, 4.69) is 16.2 Å². The summed E-state index contributed by atoms with van der Waals surface area (Å²) in [4.78, 5) is 23.8. The number of carbonyl (C=O) groups excluding carboxylic acids is 2. The van der Waals surface area contributed by atoms with E-state index in [9.17, 15) is 9.59 Å². The number of hydrazine groups is 1. The van der Waals surface area contributed by atoms with Crippen LogP contribution < -0.4 is 20.9 Å². The smallest absolute Gasteiger partial charge is 0.276 e. The van der Waals surface area contributed by atoms with Crippen molar-refractivity contribution in [3.8, 4) is 5.75 Å². The SMILES string of the molecule is Cc1cccc(C(=O)NC(=S)NNC(=O)COc2ccc(Cl)cc2Cl)c1. The molecule has 0 aliphatic heterocycles. The fourth-order valence-electron chi connectivity index (χ4n) is 1.89. The van der Waals surface area contributed by atoms with Crippen LogP contribution in [0.5, 0.6) is 5.75 Å². The van der Waals surface area contributed by atoms with E-state index < -0.39 is 5.91 Å². The second-order valence-corrected chi connectivity index (χ2v) is 6.44. The summed E-state index contributed by atoms with van der Waals surface area (Å²) in [5.41, 5.74) is 6.14. The van der Waals surface area contributed by atoms with Gasteiger partial charge >= 0.3 is 0 Å². The van der Waals surface area contributed by atoms with Crippen molar-refractivity contribution in [1.29, 1.82) is 0 Å². The Hall–Kier alpha value is -2.35. The van der Waals surface area contributed by atoms with Crippen LogP contribution in [0.1, 0.15) is 15.9 Å². The van der Waals surface area contributed by atoms with E-state index in [0.717, 1.165) is 5.56 Å². The number of amides is 2. The van der Waals surface area contributed by atoms with Gasteiger partial charge in [0.25, 0.3) is 11.8 Å². The van der Waals surface area contributed by atoms with E-state index in [4.69, 9.17) is 40.2 Å². The molecule has 0 fully saturated rings. The highest BCUT2D eigenvalue weighted by molar-refractivity contribution is 7.80. The molecule has 0 aliphatic rings. The number of hydrogen-bond acceptors (Lipinski definition) is 4. The monoisotopic (exact) mass is 411 g/mol. The number of nitrogens with one attached hydrogen (secondary N) is 3. The summed E-state index contributed by atoms with van der Waals surface area (Å²) >= 11 is 16.7. The van der Waals surface area contributed by atoms with Gasteiger partial charge in [0.2, 0.25) is 0 Å². The second-order valence-electron chi connectivity index (χ2n) is 5.19. The molecule has 0 atom stereocenters. The molecule has 0 saturated heterocycles. The molecular weight excluding hydrogens is 397 g/mol. The molecular formula is C17H15Cl2N3O3S. The minimum absolute atomic E-state index is 0.0469. The second kappa shape index (κ2) is 9.38. The molecule has 0 heterocycles. The van der Waals surface area contributed by atoms with Gasteiger partial charge in [0.15, 0.2) is 11.7 Å². The van der Waals surface area contributed by atoms with E-state index in [-0.39, 0.29) is 17.6 Å². The fraction of sp³-hybridized carbons (Fsp3) is 0.118. The highest BCUT2D eigenvalue weighted by atomic mass is 35.5. The highest BCUT2D eigenvalue weighted by Gasteiger charge is 2.10. The van der Waals surface area contributed by atoms with Gasteiger partial charge in [0.1, 0.15) is 5.75 Å². The summed E-state index contributed by atoms with van der Waals surface area (Å²) in [6, 6.07) is 11.7. The van der Waals surface area contributed by atoms with Crippen molar-refractivity contribution in [2.75, 3.05) is 6.61 Å². The van der Waals surface area contributed by atoms with Gasteiger partial charge in [-0.2, -0.15) is 0 Å². The first-order chi connectivity index (χ1) is 12.3. The van der Waals surface area contributed by atoms with Crippen LogP contribution in [-0.4, -0.2) is 23.5 Å². The van der Waals surface area contributed by atoms with Crippen molar-refractivity contribution in [3.05, 3.63) is 63.6 Å². The summed E-state index contributed by atoms with van der Waals surface area (Å²) < 4.78 is 5.28. The number of thiocarbonyl (C=S) groups is 1. The molecule has 26 heavy (non-hydrogen) atoms. The molecule has 2 rings (SSSR count). The maximum atomic E-state index is 12.0. The molecule has 0 saturated carbocycles. The lowest BCUT2D eigenvalue weighted by Gasteiger charge is -2.12. The fourth-order valence-corrected chi connectivity index (χ4v) is 2.50. The average molecular weight is 412 g/mol. The largest absolute Gasteiger partial charge is 0.482 e. The molecule has 9 heteroatoms. The zero-order valence-corrected chi connectivity index (χ0v) is 16.0. The van der Waals surface area contributed by atoms with Gasteiger partial charge in [-0.05, 0) is 49.5 Å². The molecule has 0 spiro atoms. The lowest BCUT2D eigenvalue weighted by molar-refractivity contribution is -0.123. The minimum Gasteiger partial charge on any atom is -0.482 e. The molecule has 0 bridgehead atoms. The van der Waals surface area contributed by atoms with Gasteiger partial charge in [-0.25, -0.2) is 0 Å². The van der Waals surface area contributed by atoms with Gasteiger partial charge in [0, 0.05) is 10.6 Å². The molecule has 2 amide bonds. The van der Waals surface area contributed by atoms with E-state index in [0.29, 0.717) is 21.4 Å². The van der Waals surface area contributed by atoms with Gasteiger partial charge in [-0.1, -0.05) is 40.9 Å². The van der Waals surface area contributed by atoms with Crippen LogP contribution in [0, 0.1) is 6.92 Å². The zero-order chi connectivity index (χ0) is 19.1. The zero-order valence-electron chi connectivity index (χ0n) is 13.6. The van der Waals surface area contributed by atoms with Crippen LogP contribution in [-0.2, 0) is 4.79 Å². The van der Waals surface area contributed by atoms with Gasteiger partial charge in [0.05, 0.1) is 5.02 Å². The quantitative estimate of drug-likeness (QED) is 0.532. The minimum atomic E-state index is -0.511. The number of ether oxygens (including phenoxy) is 1. The Morgan fingerprint density at radius 2 is 1.88 bits per heavy atom. The van der Waals surface area contributed by atoms with E-state index in [1.54, 1.807) is 30.3 Å². The van der Waals surface area contributed by atoms with Crippen LogP contribution >= 0.6 is 35.4 Å². The standard InChI is InChI=1S/C17H15Cl2N3O3S/c1-10-3-2-4-11(7-10)16(24)20-17(26)22-21-15(23)9-25-14-6-5-12(18)8-13(14)19/h2-8H,9H2,1H3,(H,21,23)(H2,20,22,24,26). The molecule has 136 valence electrons. The summed E-state index contributed by atoms with van der Waals surface area (Å²) in [7, 11) is 0. The predicted molar refractivity (Wildman–Crippen MR) is 104 cm³/mol. The van der Waals surface area contributed by atoms with Crippen LogP contribution in [0.2, 0.25) is 10.0 Å². The van der Waals surface area contributed by atoms with Crippen molar-refractivity contribution in [2.24, 2.45) is 0 Å². The van der Waals surface area contributed by atoms with Crippen molar-refractivity contribution in [1.82, 2.24) is 16.2 Å². The number of hydrogen-bond donors (Lipinski definition) is 3. The first kappa shape index (κ1) is 20.0. The van der Waals surface area contributed by atoms with E-state index >= 15 is 0 Å². The Kier molecular flexibility index (Phi) is 7.20. The Morgan fingerprint density at radius 3 is 2.58 bits per heavy atom. The third-order valence-electron chi connectivity index (χ3n) is 3.08. The van der Waals surface area contributed by atoms with Gasteiger partial charge in [-0.3, -0.25) is 25.8 Å². The average Bonchev–Trinajstić information content (AvgIpc) is 2.59.